The Morgan fingerprint density at radius 2 is 2.17 bits per heavy atom. The Hall–Kier alpha value is -2.75. The molecule has 0 atom stereocenters. The van der Waals surface area contributed by atoms with Gasteiger partial charge in [-0.15, -0.1) is 0 Å². The highest BCUT2D eigenvalue weighted by molar-refractivity contribution is 6.45. The number of methoxy groups -OCH3 is 2. The lowest BCUT2D eigenvalue weighted by Gasteiger charge is -2.09. The quantitative estimate of drug-likeness (QED) is 0.406. The van der Waals surface area contributed by atoms with Gasteiger partial charge in [0.05, 0.1) is 14.2 Å². The first-order valence-corrected chi connectivity index (χ1v) is 4.92. The highest BCUT2D eigenvalue weighted by Crippen LogP contribution is 2.28. The van der Waals surface area contributed by atoms with Crippen LogP contribution in [-0.2, 0) is 0 Å². The third-order valence-corrected chi connectivity index (χ3v) is 2.06. The van der Waals surface area contributed by atoms with Crippen LogP contribution in [-0.4, -0.2) is 25.8 Å². The summed E-state index contributed by atoms with van der Waals surface area (Å²) >= 11 is 0. The third kappa shape index (κ3) is 3.12. The molecule has 94 valence electrons. The van der Waals surface area contributed by atoms with Crippen LogP contribution in [0.1, 0.15) is 0 Å². The van der Waals surface area contributed by atoms with Gasteiger partial charge < -0.3 is 15.2 Å². The van der Waals surface area contributed by atoms with Gasteiger partial charge in [-0.3, -0.25) is 10.8 Å². The first-order chi connectivity index (χ1) is 8.62. The predicted molar refractivity (Wildman–Crippen MR) is 68.1 cm³/mol. The normalized spacial score (nSPS) is 10.4. The Bertz CT molecular complexity index is 519. The van der Waals surface area contributed by atoms with Gasteiger partial charge in [-0.25, -0.2) is 0 Å². The zero-order chi connectivity index (χ0) is 13.5. The molecule has 0 saturated heterocycles. The Morgan fingerprint density at radius 3 is 2.67 bits per heavy atom. The van der Waals surface area contributed by atoms with Crippen LogP contribution in [0, 0.1) is 16.7 Å². The lowest BCUT2D eigenvalue weighted by molar-refractivity contribution is 0.404. The molecule has 0 saturated carbocycles. The van der Waals surface area contributed by atoms with Gasteiger partial charge in [-0.2, -0.15) is 10.4 Å². The number of nitriles is 1. The van der Waals surface area contributed by atoms with E-state index in [4.69, 9.17) is 25.9 Å². The molecule has 0 unspecified atom stereocenters. The minimum absolute atomic E-state index is 0.208. The molecule has 18 heavy (non-hydrogen) atoms. The molecule has 1 aromatic carbocycles. The summed E-state index contributed by atoms with van der Waals surface area (Å²) in [6.45, 7) is 0. The minimum atomic E-state index is -0.410. The Morgan fingerprint density at radius 1 is 1.44 bits per heavy atom. The summed E-state index contributed by atoms with van der Waals surface area (Å²) in [7, 11) is 3.04. The van der Waals surface area contributed by atoms with Gasteiger partial charge >= 0.3 is 0 Å². The van der Waals surface area contributed by atoms with E-state index in [9.17, 15) is 0 Å². The zero-order valence-corrected chi connectivity index (χ0v) is 10.0. The van der Waals surface area contributed by atoms with Crippen molar-refractivity contribution in [1.29, 1.82) is 10.7 Å². The number of nitrogens with two attached hydrogens (primary N) is 1. The molecule has 0 bridgehead atoms. The Balaban J connectivity index is 3.02. The summed E-state index contributed by atoms with van der Waals surface area (Å²) in [5.74, 6) is 0.724. The molecule has 0 fully saturated rings. The van der Waals surface area contributed by atoms with E-state index in [1.54, 1.807) is 24.3 Å². The number of benzene rings is 1. The van der Waals surface area contributed by atoms with Crippen molar-refractivity contribution in [2.75, 3.05) is 19.6 Å². The van der Waals surface area contributed by atoms with Crippen LogP contribution in [0.15, 0.2) is 23.3 Å². The second-order valence-electron chi connectivity index (χ2n) is 3.16. The third-order valence-electron chi connectivity index (χ3n) is 2.06. The van der Waals surface area contributed by atoms with E-state index in [2.05, 4.69) is 10.5 Å². The van der Waals surface area contributed by atoms with Gasteiger partial charge in [0.15, 0.2) is 5.84 Å². The average molecular weight is 247 g/mol. The van der Waals surface area contributed by atoms with Crippen molar-refractivity contribution < 1.29 is 9.47 Å². The Labute approximate surface area is 104 Å². The summed E-state index contributed by atoms with van der Waals surface area (Å²) in [6, 6.07) is 6.77. The highest BCUT2D eigenvalue weighted by Gasteiger charge is 2.06. The SMILES string of the molecule is COc1ccc(OC)c(N/N=C(\C#N)C(=N)N)c1. The number of ether oxygens (including phenoxy) is 2. The van der Waals surface area contributed by atoms with Crippen LogP contribution in [0.5, 0.6) is 11.5 Å². The number of amidine groups is 1. The highest BCUT2D eigenvalue weighted by atomic mass is 16.5. The van der Waals surface area contributed by atoms with Crippen LogP contribution in [0.2, 0.25) is 0 Å². The number of hydrogen-bond donors (Lipinski definition) is 3. The van der Waals surface area contributed by atoms with E-state index < -0.39 is 5.84 Å². The minimum Gasteiger partial charge on any atom is -0.497 e. The van der Waals surface area contributed by atoms with Gasteiger partial charge in [0.1, 0.15) is 23.3 Å². The van der Waals surface area contributed by atoms with Crippen molar-refractivity contribution in [3.63, 3.8) is 0 Å². The lowest BCUT2D eigenvalue weighted by atomic mass is 10.3. The second-order valence-corrected chi connectivity index (χ2v) is 3.16. The molecule has 4 N–H and O–H groups in total. The lowest BCUT2D eigenvalue weighted by Crippen LogP contribution is -2.21. The molecule has 0 aliphatic rings. The van der Waals surface area contributed by atoms with Crippen molar-refractivity contribution in [2.45, 2.75) is 0 Å². The molecule has 0 radical (unpaired) electrons. The summed E-state index contributed by atoms with van der Waals surface area (Å²) in [4.78, 5) is 0. The molecule has 0 amide bonds. The number of rotatable bonds is 5. The number of hydrazone groups is 1. The fourth-order valence-corrected chi connectivity index (χ4v) is 1.16. The summed E-state index contributed by atoms with van der Waals surface area (Å²) in [6.07, 6.45) is 0. The molecule has 0 spiro atoms. The fourth-order valence-electron chi connectivity index (χ4n) is 1.16. The number of anilines is 1. The maximum absolute atomic E-state index is 8.70. The van der Waals surface area contributed by atoms with Crippen molar-refractivity contribution >= 4 is 17.2 Å². The topological polar surface area (TPSA) is 117 Å². The monoisotopic (exact) mass is 247 g/mol. The molecule has 0 aliphatic carbocycles. The maximum atomic E-state index is 8.70. The number of nitrogens with zero attached hydrogens (tertiary/aromatic N) is 2. The van der Waals surface area contributed by atoms with E-state index >= 15 is 0 Å². The fraction of sp³-hybridized carbons (Fsp3) is 0.182. The van der Waals surface area contributed by atoms with Crippen LogP contribution in [0.4, 0.5) is 5.69 Å². The first-order valence-electron chi connectivity index (χ1n) is 4.92. The molecular formula is C11H13N5O2. The molecule has 0 heterocycles. The van der Waals surface area contributed by atoms with E-state index in [0.717, 1.165) is 0 Å². The molecule has 0 aromatic heterocycles. The number of hydrogen-bond acceptors (Lipinski definition) is 6. The van der Waals surface area contributed by atoms with E-state index in [-0.39, 0.29) is 5.71 Å². The summed E-state index contributed by atoms with van der Waals surface area (Å²) in [5.41, 5.74) is 8.08. The van der Waals surface area contributed by atoms with Gasteiger partial charge in [-0.05, 0) is 12.1 Å². The molecule has 0 aliphatic heterocycles. The maximum Gasteiger partial charge on any atom is 0.201 e. The van der Waals surface area contributed by atoms with Crippen LogP contribution in [0.3, 0.4) is 0 Å². The van der Waals surface area contributed by atoms with Gasteiger partial charge in [-0.1, -0.05) is 0 Å². The molecule has 7 nitrogen and oxygen atoms in total. The Kier molecular flexibility index (Phi) is 4.51. The van der Waals surface area contributed by atoms with E-state index in [1.165, 1.54) is 14.2 Å². The molecule has 1 aromatic rings. The van der Waals surface area contributed by atoms with E-state index in [1.807, 2.05) is 0 Å². The molecule has 7 heteroatoms. The van der Waals surface area contributed by atoms with Crippen molar-refractivity contribution in [1.82, 2.24) is 0 Å². The van der Waals surface area contributed by atoms with Crippen LogP contribution < -0.4 is 20.6 Å². The molecule has 1 rings (SSSR count). The summed E-state index contributed by atoms with van der Waals surface area (Å²) < 4.78 is 10.2. The standard InChI is InChI=1S/C11H13N5O2/c1-17-7-3-4-10(18-2)8(5-7)15-16-9(6-12)11(13)14/h3-5,15H,1-2H3,(H3,13,14)/b16-9+. The van der Waals surface area contributed by atoms with E-state index in [0.29, 0.717) is 17.2 Å². The molecular weight excluding hydrogens is 234 g/mol. The first kappa shape index (κ1) is 13.3. The number of nitrogens with one attached hydrogen (secondary N) is 2. The average Bonchev–Trinajstić information content (AvgIpc) is 2.38. The second kappa shape index (κ2) is 6.10. The smallest absolute Gasteiger partial charge is 0.201 e. The van der Waals surface area contributed by atoms with Crippen molar-refractivity contribution in [3.8, 4) is 17.6 Å². The predicted octanol–water partition coefficient (Wildman–Crippen LogP) is 0.931. The van der Waals surface area contributed by atoms with Crippen molar-refractivity contribution in [2.24, 2.45) is 10.8 Å². The van der Waals surface area contributed by atoms with Crippen LogP contribution >= 0.6 is 0 Å². The summed E-state index contributed by atoms with van der Waals surface area (Å²) in [5, 5.41) is 19.5. The van der Waals surface area contributed by atoms with Crippen LogP contribution in [0.25, 0.3) is 0 Å². The van der Waals surface area contributed by atoms with Gasteiger partial charge in [0.25, 0.3) is 0 Å². The van der Waals surface area contributed by atoms with Gasteiger partial charge in [0.2, 0.25) is 5.71 Å². The zero-order valence-electron chi connectivity index (χ0n) is 10.0. The van der Waals surface area contributed by atoms with Crippen molar-refractivity contribution in [3.05, 3.63) is 18.2 Å². The largest absolute Gasteiger partial charge is 0.497 e. The van der Waals surface area contributed by atoms with Gasteiger partial charge in [0, 0.05) is 6.07 Å².